The Morgan fingerprint density at radius 2 is 2.07 bits per heavy atom. The molecule has 1 aromatic heterocycles. The second-order valence-corrected chi connectivity index (χ2v) is 3.57. The zero-order valence-electron chi connectivity index (χ0n) is 8.80. The maximum absolute atomic E-state index is 3.99. The zero-order valence-corrected chi connectivity index (χ0v) is 8.80. The first-order valence-electron chi connectivity index (χ1n) is 5.03. The van der Waals surface area contributed by atoms with E-state index >= 15 is 0 Å². The highest BCUT2D eigenvalue weighted by Crippen LogP contribution is 2.05. The maximum atomic E-state index is 3.99. The normalized spacial score (nSPS) is 11.0. The number of rotatable bonds is 3. The van der Waals surface area contributed by atoms with E-state index in [4.69, 9.17) is 0 Å². The monoisotopic (exact) mass is 198 g/mol. The van der Waals surface area contributed by atoms with Crippen LogP contribution in [0.1, 0.15) is 11.1 Å². The molecule has 0 aliphatic heterocycles. The molecule has 2 heteroatoms. The number of hydrogen-bond acceptors (Lipinski definition) is 1. The van der Waals surface area contributed by atoms with E-state index in [-0.39, 0.29) is 0 Å². The number of aromatic nitrogens is 2. The molecule has 0 N–H and O–H groups in total. The largest absolute Gasteiger partial charge is 0.334 e. The lowest BCUT2D eigenvalue weighted by Crippen LogP contribution is -1.89. The summed E-state index contributed by atoms with van der Waals surface area (Å²) in [6, 6.07) is 8.49. The van der Waals surface area contributed by atoms with Crippen molar-refractivity contribution in [1.82, 2.24) is 9.55 Å². The number of allylic oxidation sites excluding steroid dienone is 1. The number of benzene rings is 1. The van der Waals surface area contributed by atoms with Gasteiger partial charge in [-0.3, -0.25) is 0 Å². The average molecular weight is 198 g/mol. The van der Waals surface area contributed by atoms with Crippen LogP contribution in [0, 0.1) is 6.92 Å². The minimum absolute atomic E-state index is 0.869. The van der Waals surface area contributed by atoms with E-state index in [0.717, 1.165) is 6.54 Å². The van der Waals surface area contributed by atoms with Crippen molar-refractivity contribution in [2.75, 3.05) is 0 Å². The summed E-state index contributed by atoms with van der Waals surface area (Å²) in [6.07, 6.45) is 9.82. The topological polar surface area (TPSA) is 17.8 Å². The highest BCUT2D eigenvalue weighted by molar-refractivity contribution is 5.49. The molecule has 0 fully saturated rings. The lowest BCUT2D eigenvalue weighted by atomic mass is 10.1. The second-order valence-electron chi connectivity index (χ2n) is 3.57. The van der Waals surface area contributed by atoms with Gasteiger partial charge in [0.1, 0.15) is 0 Å². The van der Waals surface area contributed by atoms with Crippen LogP contribution in [0.15, 0.2) is 49.1 Å². The fourth-order valence-electron chi connectivity index (χ4n) is 1.38. The molecule has 15 heavy (non-hydrogen) atoms. The average Bonchev–Trinajstić information content (AvgIpc) is 2.74. The van der Waals surface area contributed by atoms with E-state index in [2.05, 4.69) is 48.3 Å². The van der Waals surface area contributed by atoms with Crippen molar-refractivity contribution in [2.45, 2.75) is 13.5 Å². The molecule has 2 aromatic rings. The molecule has 0 saturated heterocycles. The number of imidazole rings is 1. The lowest BCUT2D eigenvalue weighted by Gasteiger charge is -1.96. The quantitative estimate of drug-likeness (QED) is 0.741. The maximum Gasteiger partial charge on any atom is 0.0948 e. The fraction of sp³-hybridized carbons (Fsp3) is 0.154. The third-order valence-electron chi connectivity index (χ3n) is 2.26. The van der Waals surface area contributed by atoms with Gasteiger partial charge in [0.05, 0.1) is 6.33 Å². The molecule has 0 unspecified atom stereocenters. The SMILES string of the molecule is Cc1ccc(/C=C/Cn2ccnc2)cc1. The Kier molecular flexibility index (Phi) is 2.98. The zero-order chi connectivity index (χ0) is 10.5. The molecule has 2 rings (SSSR count). The predicted octanol–water partition coefficient (Wildman–Crippen LogP) is 2.90. The molecule has 0 atom stereocenters. The van der Waals surface area contributed by atoms with E-state index in [1.54, 1.807) is 6.20 Å². The molecule has 0 aliphatic rings. The van der Waals surface area contributed by atoms with Gasteiger partial charge in [0, 0.05) is 18.9 Å². The van der Waals surface area contributed by atoms with Gasteiger partial charge in [-0.05, 0) is 12.5 Å². The first-order chi connectivity index (χ1) is 7.34. The van der Waals surface area contributed by atoms with Crippen molar-refractivity contribution in [1.29, 1.82) is 0 Å². The summed E-state index contributed by atoms with van der Waals surface area (Å²) in [4.78, 5) is 3.99. The molecular weight excluding hydrogens is 184 g/mol. The summed E-state index contributed by atoms with van der Waals surface area (Å²) >= 11 is 0. The van der Waals surface area contributed by atoms with Gasteiger partial charge in [-0.25, -0.2) is 4.98 Å². The van der Waals surface area contributed by atoms with Gasteiger partial charge in [-0.1, -0.05) is 42.0 Å². The molecule has 0 radical (unpaired) electrons. The fourth-order valence-corrected chi connectivity index (χ4v) is 1.38. The Hall–Kier alpha value is -1.83. The summed E-state index contributed by atoms with van der Waals surface area (Å²) in [6.45, 7) is 2.97. The molecule has 2 nitrogen and oxygen atoms in total. The third kappa shape index (κ3) is 2.81. The Bertz CT molecular complexity index is 424. The minimum atomic E-state index is 0.869. The summed E-state index contributed by atoms with van der Waals surface area (Å²) in [5, 5.41) is 0. The summed E-state index contributed by atoms with van der Waals surface area (Å²) in [5.74, 6) is 0. The van der Waals surface area contributed by atoms with Crippen LogP contribution < -0.4 is 0 Å². The van der Waals surface area contributed by atoms with E-state index in [9.17, 15) is 0 Å². The van der Waals surface area contributed by atoms with Gasteiger partial charge in [0.2, 0.25) is 0 Å². The first-order valence-corrected chi connectivity index (χ1v) is 5.03. The molecule has 0 aliphatic carbocycles. The second kappa shape index (κ2) is 4.60. The van der Waals surface area contributed by atoms with Gasteiger partial charge < -0.3 is 4.57 Å². The van der Waals surface area contributed by atoms with Gasteiger partial charge in [0.15, 0.2) is 0 Å². The molecule has 0 amide bonds. The molecule has 1 aromatic carbocycles. The summed E-state index contributed by atoms with van der Waals surface area (Å²) in [7, 11) is 0. The van der Waals surface area contributed by atoms with Crippen molar-refractivity contribution in [3.8, 4) is 0 Å². The standard InChI is InChI=1S/C13H14N2/c1-12-4-6-13(7-5-12)3-2-9-15-10-8-14-11-15/h2-8,10-11H,9H2,1H3/b3-2+. The van der Waals surface area contributed by atoms with Crippen LogP contribution in [-0.2, 0) is 6.54 Å². The van der Waals surface area contributed by atoms with Crippen LogP contribution in [-0.4, -0.2) is 9.55 Å². The van der Waals surface area contributed by atoms with Crippen molar-refractivity contribution in [2.24, 2.45) is 0 Å². The molecule has 76 valence electrons. The Morgan fingerprint density at radius 3 is 2.73 bits per heavy atom. The summed E-state index contributed by atoms with van der Waals surface area (Å²) < 4.78 is 2.03. The van der Waals surface area contributed by atoms with Gasteiger partial charge in [-0.15, -0.1) is 0 Å². The van der Waals surface area contributed by atoms with Gasteiger partial charge in [-0.2, -0.15) is 0 Å². The number of nitrogens with zero attached hydrogens (tertiary/aromatic N) is 2. The smallest absolute Gasteiger partial charge is 0.0948 e. The number of aryl methyl sites for hydroxylation is 1. The number of hydrogen-bond donors (Lipinski definition) is 0. The van der Waals surface area contributed by atoms with Crippen molar-refractivity contribution in [3.63, 3.8) is 0 Å². The third-order valence-corrected chi connectivity index (χ3v) is 2.26. The molecule has 0 saturated carbocycles. The Balaban J connectivity index is 1.97. The van der Waals surface area contributed by atoms with Crippen LogP contribution in [0.3, 0.4) is 0 Å². The van der Waals surface area contributed by atoms with E-state index < -0.39 is 0 Å². The molecule has 0 bridgehead atoms. The van der Waals surface area contributed by atoms with Crippen molar-refractivity contribution >= 4 is 6.08 Å². The van der Waals surface area contributed by atoms with E-state index in [0.29, 0.717) is 0 Å². The van der Waals surface area contributed by atoms with E-state index in [1.165, 1.54) is 11.1 Å². The molecule has 1 heterocycles. The van der Waals surface area contributed by atoms with Crippen LogP contribution in [0.2, 0.25) is 0 Å². The lowest BCUT2D eigenvalue weighted by molar-refractivity contribution is 0.823. The van der Waals surface area contributed by atoms with Crippen LogP contribution in [0.5, 0.6) is 0 Å². The van der Waals surface area contributed by atoms with E-state index in [1.807, 2.05) is 17.1 Å². The molecule has 0 spiro atoms. The highest BCUT2D eigenvalue weighted by atomic mass is 15.0. The molecular formula is C13H14N2. The summed E-state index contributed by atoms with van der Waals surface area (Å²) in [5.41, 5.74) is 2.53. The minimum Gasteiger partial charge on any atom is -0.334 e. The van der Waals surface area contributed by atoms with Crippen LogP contribution in [0.4, 0.5) is 0 Å². The van der Waals surface area contributed by atoms with Crippen LogP contribution >= 0.6 is 0 Å². The van der Waals surface area contributed by atoms with Crippen molar-refractivity contribution in [3.05, 3.63) is 60.2 Å². The van der Waals surface area contributed by atoms with Crippen molar-refractivity contribution < 1.29 is 0 Å². The van der Waals surface area contributed by atoms with Gasteiger partial charge in [0.25, 0.3) is 0 Å². The van der Waals surface area contributed by atoms with Gasteiger partial charge >= 0.3 is 0 Å². The Labute approximate surface area is 89.9 Å². The first kappa shape index (κ1) is 9.71. The predicted molar refractivity (Wildman–Crippen MR) is 62.4 cm³/mol. The van der Waals surface area contributed by atoms with Crippen LogP contribution in [0.25, 0.3) is 6.08 Å². The highest BCUT2D eigenvalue weighted by Gasteiger charge is 1.87. The Morgan fingerprint density at radius 1 is 1.27 bits per heavy atom.